The summed E-state index contributed by atoms with van der Waals surface area (Å²) in [6.07, 6.45) is 7.15. The Labute approximate surface area is 101 Å². The van der Waals surface area contributed by atoms with Crippen molar-refractivity contribution in [1.82, 2.24) is 0 Å². The lowest BCUT2D eigenvalue weighted by Gasteiger charge is -2.30. The molecule has 0 N–H and O–H groups in total. The molecule has 16 heavy (non-hydrogen) atoms. The molecular formula is C15H23Si. The van der Waals surface area contributed by atoms with Gasteiger partial charge in [-0.3, -0.25) is 0 Å². The minimum absolute atomic E-state index is 1.20. The topological polar surface area (TPSA) is 0 Å². The van der Waals surface area contributed by atoms with Crippen molar-refractivity contribution in [2.24, 2.45) is 0 Å². The molecule has 1 aromatic rings. The first kappa shape index (κ1) is 11.9. The van der Waals surface area contributed by atoms with E-state index in [2.05, 4.69) is 43.4 Å². The summed E-state index contributed by atoms with van der Waals surface area (Å²) < 4.78 is 0. The van der Waals surface area contributed by atoms with Gasteiger partial charge in [-0.2, -0.15) is 0 Å². The average molecular weight is 231 g/mol. The van der Waals surface area contributed by atoms with Crippen LogP contribution in [0, 0.1) is 5.92 Å². The third-order valence-electron chi connectivity index (χ3n) is 3.81. The Bertz CT molecular complexity index is 309. The molecule has 0 unspecified atom stereocenters. The molecule has 1 aliphatic rings. The second-order valence-corrected chi connectivity index (χ2v) is 10.4. The highest BCUT2D eigenvalue weighted by Gasteiger charge is 2.28. The predicted octanol–water partition coefficient (Wildman–Crippen LogP) is 4.14. The summed E-state index contributed by atoms with van der Waals surface area (Å²) in [4.78, 5) is 0. The van der Waals surface area contributed by atoms with Crippen LogP contribution in [0.5, 0.6) is 0 Å². The van der Waals surface area contributed by atoms with E-state index in [0.29, 0.717) is 0 Å². The van der Waals surface area contributed by atoms with E-state index in [0.717, 1.165) is 0 Å². The van der Waals surface area contributed by atoms with Crippen molar-refractivity contribution in [2.75, 3.05) is 0 Å². The van der Waals surface area contributed by atoms with Gasteiger partial charge >= 0.3 is 0 Å². The van der Waals surface area contributed by atoms with E-state index in [4.69, 9.17) is 0 Å². The van der Waals surface area contributed by atoms with Crippen LogP contribution in [0.2, 0.25) is 19.1 Å². The number of hydrogen-bond donors (Lipinski definition) is 0. The minimum atomic E-state index is -1.20. The summed E-state index contributed by atoms with van der Waals surface area (Å²) in [5.41, 5.74) is 0. The second kappa shape index (κ2) is 5.18. The summed E-state index contributed by atoms with van der Waals surface area (Å²) in [6.45, 7) is 5.04. The Morgan fingerprint density at radius 1 is 0.938 bits per heavy atom. The fourth-order valence-electron chi connectivity index (χ4n) is 2.84. The van der Waals surface area contributed by atoms with Crippen molar-refractivity contribution in [3.63, 3.8) is 0 Å². The number of rotatable bonds is 3. The minimum Gasteiger partial charge on any atom is -0.0654 e. The molecule has 0 nitrogen and oxygen atoms in total. The lowest BCUT2D eigenvalue weighted by Crippen LogP contribution is -2.42. The number of benzene rings is 1. The number of hydrogen-bond acceptors (Lipinski definition) is 0. The zero-order valence-corrected chi connectivity index (χ0v) is 11.6. The molecule has 87 valence electrons. The van der Waals surface area contributed by atoms with Gasteiger partial charge in [0.25, 0.3) is 0 Å². The van der Waals surface area contributed by atoms with E-state index in [1.807, 2.05) is 5.92 Å². The Kier molecular flexibility index (Phi) is 3.85. The van der Waals surface area contributed by atoms with Crippen molar-refractivity contribution in [2.45, 2.75) is 51.2 Å². The van der Waals surface area contributed by atoms with Gasteiger partial charge in [-0.15, -0.1) is 0 Å². The summed E-state index contributed by atoms with van der Waals surface area (Å²) in [6, 6.07) is 12.6. The largest absolute Gasteiger partial charge is 0.0811 e. The molecule has 2 rings (SSSR count). The van der Waals surface area contributed by atoms with E-state index in [9.17, 15) is 0 Å². The van der Waals surface area contributed by atoms with Crippen molar-refractivity contribution < 1.29 is 0 Å². The van der Waals surface area contributed by atoms with Gasteiger partial charge in [-0.05, 0) is 24.8 Å². The summed E-state index contributed by atoms with van der Waals surface area (Å²) in [5, 5.41) is 1.62. The highest BCUT2D eigenvalue weighted by atomic mass is 28.3. The van der Waals surface area contributed by atoms with Gasteiger partial charge in [0.1, 0.15) is 0 Å². The lowest BCUT2D eigenvalue weighted by atomic mass is 9.91. The molecule has 1 aromatic carbocycles. The lowest BCUT2D eigenvalue weighted by molar-refractivity contribution is 0.536. The zero-order chi connectivity index (χ0) is 11.4. The SMILES string of the molecule is C[Si](C)(C[C]1CCCCC1)c1ccccc1. The normalized spacial score (nSPS) is 18.6. The Morgan fingerprint density at radius 3 is 2.19 bits per heavy atom. The van der Waals surface area contributed by atoms with Crippen LogP contribution in [0.15, 0.2) is 30.3 Å². The van der Waals surface area contributed by atoms with Gasteiger partial charge in [0, 0.05) is 0 Å². The smallest absolute Gasteiger partial charge is 0.0654 e. The molecule has 1 heteroatoms. The fraction of sp³-hybridized carbons (Fsp3) is 0.533. The van der Waals surface area contributed by atoms with Crippen LogP contribution >= 0.6 is 0 Å². The molecule has 0 saturated heterocycles. The van der Waals surface area contributed by atoms with Gasteiger partial charge < -0.3 is 0 Å². The molecule has 0 heterocycles. The van der Waals surface area contributed by atoms with Crippen molar-refractivity contribution in [1.29, 1.82) is 0 Å². The molecule has 1 saturated carbocycles. The molecule has 1 aliphatic carbocycles. The molecule has 1 radical (unpaired) electrons. The van der Waals surface area contributed by atoms with Crippen LogP contribution in [0.4, 0.5) is 0 Å². The molecule has 0 spiro atoms. The van der Waals surface area contributed by atoms with Crippen LogP contribution < -0.4 is 5.19 Å². The maximum Gasteiger partial charge on any atom is 0.0811 e. The second-order valence-electron chi connectivity index (χ2n) is 5.74. The Hall–Kier alpha value is -0.563. The summed E-state index contributed by atoms with van der Waals surface area (Å²) >= 11 is 0. The molecule has 0 aliphatic heterocycles. The Morgan fingerprint density at radius 2 is 1.56 bits per heavy atom. The highest BCUT2D eigenvalue weighted by Crippen LogP contribution is 2.32. The predicted molar refractivity (Wildman–Crippen MR) is 74.7 cm³/mol. The van der Waals surface area contributed by atoms with Gasteiger partial charge in [0.15, 0.2) is 0 Å². The maximum absolute atomic E-state index is 2.52. The van der Waals surface area contributed by atoms with Crippen molar-refractivity contribution >= 4 is 13.3 Å². The van der Waals surface area contributed by atoms with Crippen LogP contribution in [-0.4, -0.2) is 8.07 Å². The van der Waals surface area contributed by atoms with Gasteiger partial charge in [-0.1, -0.05) is 67.9 Å². The fourth-order valence-corrected chi connectivity index (χ4v) is 5.75. The van der Waals surface area contributed by atoms with Gasteiger partial charge in [0.2, 0.25) is 0 Å². The van der Waals surface area contributed by atoms with E-state index < -0.39 is 8.07 Å². The van der Waals surface area contributed by atoms with Crippen LogP contribution in [0.1, 0.15) is 32.1 Å². The molecule has 0 amide bonds. The first-order valence-electron chi connectivity index (χ1n) is 6.57. The highest BCUT2D eigenvalue weighted by molar-refractivity contribution is 6.90. The van der Waals surface area contributed by atoms with Crippen molar-refractivity contribution in [3.05, 3.63) is 36.2 Å². The quantitative estimate of drug-likeness (QED) is 0.686. The van der Waals surface area contributed by atoms with Gasteiger partial charge in [-0.25, -0.2) is 0 Å². The maximum atomic E-state index is 2.52. The average Bonchev–Trinajstić information content (AvgIpc) is 2.31. The third kappa shape index (κ3) is 2.97. The van der Waals surface area contributed by atoms with E-state index >= 15 is 0 Å². The first-order chi connectivity index (χ1) is 7.68. The van der Waals surface area contributed by atoms with Gasteiger partial charge in [0.05, 0.1) is 8.07 Å². The van der Waals surface area contributed by atoms with E-state index in [1.165, 1.54) is 38.1 Å². The summed E-state index contributed by atoms with van der Waals surface area (Å²) in [5.74, 6) is 1.85. The van der Waals surface area contributed by atoms with Crippen molar-refractivity contribution in [3.8, 4) is 0 Å². The zero-order valence-electron chi connectivity index (χ0n) is 10.6. The van der Waals surface area contributed by atoms with Crippen LogP contribution in [-0.2, 0) is 0 Å². The molecule has 0 atom stereocenters. The molecule has 0 aromatic heterocycles. The summed E-state index contributed by atoms with van der Waals surface area (Å²) in [7, 11) is -1.20. The first-order valence-corrected chi connectivity index (χ1v) is 9.78. The van der Waals surface area contributed by atoms with Crippen LogP contribution in [0.25, 0.3) is 0 Å². The monoisotopic (exact) mass is 231 g/mol. The third-order valence-corrected chi connectivity index (χ3v) is 7.09. The van der Waals surface area contributed by atoms with Crippen LogP contribution in [0.3, 0.4) is 0 Å². The molecule has 0 bridgehead atoms. The molecule has 1 fully saturated rings. The molecular weight excluding hydrogens is 208 g/mol. The van der Waals surface area contributed by atoms with E-state index in [-0.39, 0.29) is 0 Å². The standard InChI is InChI=1S/C15H23Si/c1-16(2,15-11-7-4-8-12-15)13-14-9-5-3-6-10-14/h4,7-8,11-12H,3,5-6,9-10,13H2,1-2H3. The Balaban J connectivity index is 2.01. The van der Waals surface area contributed by atoms with E-state index in [1.54, 1.807) is 5.19 Å².